The summed E-state index contributed by atoms with van der Waals surface area (Å²) in [6.07, 6.45) is 11.2. The molecule has 0 spiro atoms. The van der Waals surface area contributed by atoms with Crippen LogP contribution in [-0.2, 0) is 6.42 Å². The summed E-state index contributed by atoms with van der Waals surface area (Å²) in [7, 11) is 0. The van der Waals surface area contributed by atoms with Gasteiger partial charge in [0.2, 0.25) is 0 Å². The van der Waals surface area contributed by atoms with E-state index in [0.29, 0.717) is 5.92 Å². The van der Waals surface area contributed by atoms with Crippen LogP contribution in [0.25, 0.3) is 12.2 Å². The fourth-order valence-electron chi connectivity index (χ4n) is 3.77. The topological polar surface area (TPSA) is 0 Å². The van der Waals surface area contributed by atoms with Crippen LogP contribution in [0.5, 0.6) is 0 Å². The summed E-state index contributed by atoms with van der Waals surface area (Å²) in [4.78, 5) is 0. The summed E-state index contributed by atoms with van der Waals surface area (Å²) in [6.45, 7) is 11.1. The predicted molar refractivity (Wildman–Crippen MR) is 89.0 cm³/mol. The van der Waals surface area contributed by atoms with E-state index in [0.717, 1.165) is 5.92 Å². The average Bonchev–Trinajstić information content (AvgIpc) is 3.24. The monoisotopic (exact) mass is 266 g/mol. The molecule has 0 heteroatoms. The summed E-state index contributed by atoms with van der Waals surface area (Å²) >= 11 is 0. The quantitative estimate of drug-likeness (QED) is 0.639. The highest BCUT2D eigenvalue weighted by atomic mass is 14.3. The van der Waals surface area contributed by atoms with Crippen molar-refractivity contribution in [2.75, 3.05) is 0 Å². The zero-order valence-electron chi connectivity index (χ0n) is 13.1. The molecule has 0 heterocycles. The van der Waals surface area contributed by atoms with E-state index in [4.69, 9.17) is 0 Å². The Morgan fingerprint density at radius 2 is 2.00 bits per heavy atom. The van der Waals surface area contributed by atoms with Gasteiger partial charge < -0.3 is 0 Å². The first kappa shape index (κ1) is 13.7. The lowest BCUT2D eigenvalue weighted by molar-refractivity contribution is 0.589. The Bertz CT molecular complexity index is 570. The van der Waals surface area contributed by atoms with Gasteiger partial charge in [0.25, 0.3) is 0 Å². The first-order valence-electron chi connectivity index (χ1n) is 8.08. The molecule has 1 saturated carbocycles. The molecular weight excluding hydrogens is 240 g/mol. The van der Waals surface area contributed by atoms with Crippen molar-refractivity contribution in [1.29, 1.82) is 0 Å². The van der Waals surface area contributed by atoms with Gasteiger partial charge in [0.1, 0.15) is 0 Å². The summed E-state index contributed by atoms with van der Waals surface area (Å²) in [5.41, 5.74) is 8.96. The van der Waals surface area contributed by atoms with Crippen LogP contribution in [0.2, 0.25) is 0 Å². The Hall–Kier alpha value is -1.30. The van der Waals surface area contributed by atoms with Crippen molar-refractivity contribution in [2.24, 2.45) is 5.92 Å². The van der Waals surface area contributed by atoms with Crippen LogP contribution in [0, 0.1) is 12.8 Å². The van der Waals surface area contributed by atoms with Crippen molar-refractivity contribution in [3.63, 3.8) is 0 Å². The molecule has 20 heavy (non-hydrogen) atoms. The van der Waals surface area contributed by atoms with Crippen molar-refractivity contribution < 1.29 is 0 Å². The molecule has 0 bridgehead atoms. The van der Waals surface area contributed by atoms with Gasteiger partial charge in [-0.3, -0.25) is 0 Å². The molecule has 0 N–H and O–H groups in total. The second-order valence-electron chi connectivity index (χ2n) is 6.75. The summed E-state index contributed by atoms with van der Waals surface area (Å²) in [6, 6.07) is 2.43. The van der Waals surface area contributed by atoms with E-state index >= 15 is 0 Å². The van der Waals surface area contributed by atoms with Gasteiger partial charge in [0.15, 0.2) is 0 Å². The largest absolute Gasteiger partial charge is 0.0984 e. The zero-order valence-corrected chi connectivity index (χ0v) is 13.1. The molecule has 0 saturated heterocycles. The number of hydrogen-bond donors (Lipinski definition) is 0. The molecule has 3 rings (SSSR count). The number of fused-ring (bicyclic) bond motifs is 1. The Balaban J connectivity index is 2.16. The molecule has 2 aliphatic rings. The zero-order chi connectivity index (χ0) is 14.3. The van der Waals surface area contributed by atoms with Gasteiger partial charge in [-0.15, -0.1) is 0 Å². The molecule has 1 fully saturated rings. The standard InChI is InChI=1S/C20H26/c1-5-18-19(12-14(3)16-9-10-16)15(4)11-17-8-6-7-13(2)20(17)18/h5,11-13,16H,1,6-10H2,2-4H3/b14-12+. The van der Waals surface area contributed by atoms with Crippen LogP contribution in [0.3, 0.4) is 0 Å². The Morgan fingerprint density at radius 1 is 1.25 bits per heavy atom. The number of hydrogen-bond acceptors (Lipinski definition) is 0. The van der Waals surface area contributed by atoms with E-state index in [2.05, 4.69) is 45.6 Å². The molecule has 0 nitrogen and oxygen atoms in total. The lowest BCUT2D eigenvalue weighted by Gasteiger charge is -2.27. The van der Waals surface area contributed by atoms with E-state index in [1.54, 1.807) is 16.7 Å². The van der Waals surface area contributed by atoms with Gasteiger partial charge in [-0.1, -0.05) is 37.3 Å². The third-order valence-electron chi connectivity index (χ3n) is 5.12. The highest BCUT2D eigenvalue weighted by molar-refractivity contribution is 5.73. The second kappa shape index (κ2) is 5.24. The van der Waals surface area contributed by atoms with Crippen molar-refractivity contribution >= 4 is 12.2 Å². The lowest BCUT2D eigenvalue weighted by Crippen LogP contribution is -2.11. The number of allylic oxidation sites excluding steroid dienone is 1. The van der Waals surface area contributed by atoms with Crippen LogP contribution in [0.15, 0.2) is 18.2 Å². The highest BCUT2D eigenvalue weighted by Crippen LogP contribution is 2.41. The minimum atomic E-state index is 0.681. The Labute approximate surface area is 123 Å². The van der Waals surface area contributed by atoms with Crippen molar-refractivity contribution in [2.45, 2.75) is 58.8 Å². The van der Waals surface area contributed by atoms with Crippen LogP contribution in [0.4, 0.5) is 0 Å². The van der Waals surface area contributed by atoms with Gasteiger partial charge in [-0.25, -0.2) is 0 Å². The fraction of sp³-hybridized carbons (Fsp3) is 0.500. The molecule has 1 aromatic carbocycles. The van der Waals surface area contributed by atoms with Crippen molar-refractivity contribution in [3.05, 3.63) is 46.0 Å². The van der Waals surface area contributed by atoms with Gasteiger partial charge in [-0.2, -0.15) is 0 Å². The third-order valence-corrected chi connectivity index (χ3v) is 5.12. The summed E-state index contributed by atoms with van der Waals surface area (Å²) in [5, 5.41) is 0. The maximum Gasteiger partial charge on any atom is -0.0150 e. The molecular formula is C20H26. The molecule has 2 aliphatic carbocycles. The predicted octanol–water partition coefficient (Wildman–Crippen LogP) is 5.89. The molecule has 0 amide bonds. The summed E-state index contributed by atoms with van der Waals surface area (Å²) in [5.74, 6) is 1.53. The third kappa shape index (κ3) is 2.37. The second-order valence-corrected chi connectivity index (χ2v) is 6.75. The van der Waals surface area contributed by atoms with Gasteiger partial charge >= 0.3 is 0 Å². The lowest BCUT2D eigenvalue weighted by atomic mass is 9.78. The fourth-order valence-corrected chi connectivity index (χ4v) is 3.77. The van der Waals surface area contributed by atoms with E-state index in [1.165, 1.54) is 48.8 Å². The van der Waals surface area contributed by atoms with Crippen molar-refractivity contribution in [1.82, 2.24) is 0 Å². The van der Waals surface area contributed by atoms with Crippen molar-refractivity contribution in [3.8, 4) is 0 Å². The van der Waals surface area contributed by atoms with E-state index in [-0.39, 0.29) is 0 Å². The van der Waals surface area contributed by atoms with Crippen LogP contribution >= 0.6 is 0 Å². The van der Waals surface area contributed by atoms with E-state index in [1.807, 2.05) is 0 Å². The molecule has 0 aromatic heterocycles. The minimum absolute atomic E-state index is 0.681. The molecule has 0 radical (unpaired) electrons. The molecule has 1 unspecified atom stereocenters. The molecule has 106 valence electrons. The Kier molecular flexibility index (Phi) is 3.58. The van der Waals surface area contributed by atoms with Gasteiger partial charge in [-0.05, 0) is 85.6 Å². The minimum Gasteiger partial charge on any atom is -0.0984 e. The highest BCUT2D eigenvalue weighted by Gasteiger charge is 2.25. The first-order valence-corrected chi connectivity index (χ1v) is 8.08. The SMILES string of the molecule is C=Cc1c(/C=C(\C)C2CC2)c(C)cc2c1C(C)CCC2. The summed E-state index contributed by atoms with van der Waals surface area (Å²) < 4.78 is 0. The first-order chi connectivity index (χ1) is 9.61. The maximum absolute atomic E-state index is 4.11. The van der Waals surface area contributed by atoms with E-state index in [9.17, 15) is 0 Å². The normalized spacial score (nSPS) is 22.6. The smallest absolute Gasteiger partial charge is 0.0150 e. The molecule has 1 atom stereocenters. The maximum atomic E-state index is 4.11. The van der Waals surface area contributed by atoms with Crippen LogP contribution in [-0.4, -0.2) is 0 Å². The number of rotatable bonds is 3. The number of aryl methyl sites for hydroxylation is 2. The van der Waals surface area contributed by atoms with Gasteiger partial charge in [0, 0.05) is 0 Å². The number of benzene rings is 1. The average molecular weight is 266 g/mol. The van der Waals surface area contributed by atoms with E-state index < -0.39 is 0 Å². The van der Waals surface area contributed by atoms with Crippen LogP contribution < -0.4 is 0 Å². The van der Waals surface area contributed by atoms with Crippen LogP contribution in [0.1, 0.15) is 73.3 Å². The Morgan fingerprint density at radius 3 is 2.65 bits per heavy atom. The molecule has 0 aliphatic heterocycles. The van der Waals surface area contributed by atoms with Gasteiger partial charge in [0.05, 0.1) is 0 Å². The molecule has 1 aromatic rings.